The fourth-order valence-corrected chi connectivity index (χ4v) is 8.88. The summed E-state index contributed by atoms with van der Waals surface area (Å²) in [7, 11) is 0. The zero-order valence-electron chi connectivity index (χ0n) is 28.0. The van der Waals surface area contributed by atoms with Crippen LogP contribution in [0.2, 0.25) is 0 Å². The van der Waals surface area contributed by atoms with Crippen molar-refractivity contribution in [3.8, 4) is 22.3 Å². The van der Waals surface area contributed by atoms with Crippen LogP contribution < -0.4 is 0 Å². The van der Waals surface area contributed by atoms with Gasteiger partial charge in [-0.15, -0.1) is 0 Å². The molecule has 0 N–H and O–H groups in total. The molecule has 0 spiro atoms. The van der Waals surface area contributed by atoms with E-state index in [2.05, 4.69) is 164 Å². The van der Waals surface area contributed by atoms with Crippen LogP contribution in [-0.2, 0) is 0 Å². The number of para-hydroxylation sites is 1. The van der Waals surface area contributed by atoms with Crippen LogP contribution in [0.25, 0.3) is 120 Å². The number of hydrogen-bond acceptors (Lipinski definition) is 2. The van der Waals surface area contributed by atoms with Crippen molar-refractivity contribution in [2.45, 2.75) is 0 Å². The molecule has 0 unspecified atom stereocenters. The van der Waals surface area contributed by atoms with Crippen molar-refractivity contribution in [1.82, 2.24) is 0 Å². The zero-order valence-corrected chi connectivity index (χ0v) is 28.0. The lowest BCUT2D eigenvalue weighted by molar-refractivity contribution is 0.668. The van der Waals surface area contributed by atoms with Crippen molar-refractivity contribution in [1.29, 1.82) is 0 Å². The number of rotatable bonds is 2. The van der Waals surface area contributed by atoms with E-state index in [1.165, 1.54) is 81.5 Å². The van der Waals surface area contributed by atoms with Gasteiger partial charge in [0.1, 0.15) is 22.3 Å². The van der Waals surface area contributed by atoms with Crippen LogP contribution in [0.5, 0.6) is 0 Å². The molecule has 12 rings (SSSR count). The molecule has 2 heterocycles. The van der Waals surface area contributed by atoms with Crippen LogP contribution >= 0.6 is 0 Å². The van der Waals surface area contributed by atoms with Crippen molar-refractivity contribution >= 4 is 97.7 Å². The second kappa shape index (κ2) is 10.3. The molecule has 0 amide bonds. The molecule has 0 bridgehead atoms. The number of fused-ring (bicyclic) bond motifs is 15. The Morgan fingerprint density at radius 3 is 1.46 bits per heavy atom. The first-order valence-corrected chi connectivity index (χ1v) is 17.8. The minimum atomic E-state index is 0.896. The third kappa shape index (κ3) is 3.84. The monoisotopic (exact) mass is 660 g/mol. The van der Waals surface area contributed by atoms with Crippen molar-refractivity contribution in [2.24, 2.45) is 0 Å². The summed E-state index contributed by atoms with van der Waals surface area (Å²) in [4.78, 5) is 0. The minimum absolute atomic E-state index is 0.896. The molecule has 240 valence electrons. The highest BCUT2D eigenvalue weighted by Gasteiger charge is 2.18. The van der Waals surface area contributed by atoms with E-state index in [4.69, 9.17) is 8.83 Å². The molecule has 0 radical (unpaired) electrons. The smallest absolute Gasteiger partial charge is 0.136 e. The molecule has 0 aliphatic carbocycles. The number of hydrogen-bond donors (Lipinski definition) is 0. The highest BCUT2D eigenvalue weighted by Crippen LogP contribution is 2.44. The van der Waals surface area contributed by atoms with Crippen molar-refractivity contribution in [2.75, 3.05) is 0 Å². The molecule has 2 aromatic heterocycles. The van der Waals surface area contributed by atoms with Crippen LogP contribution in [0.1, 0.15) is 0 Å². The lowest BCUT2D eigenvalue weighted by atomic mass is 9.90. The Balaban J connectivity index is 1.07. The maximum atomic E-state index is 6.44. The molecule has 0 saturated carbocycles. The van der Waals surface area contributed by atoms with E-state index < -0.39 is 0 Å². The van der Waals surface area contributed by atoms with Gasteiger partial charge in [0.05, 0.1) is 0 Å². The summed E-state index contributed by atoms with van der Waals surface area (Å²) < 4.78 is 12.8. The SMILES string of the molecule is c1ccc2c(-c3ccc4oc5ccc(-c6ccc7c(c6)c6ccccc6c6c7ccc7oc8ccccc8c76)cc5c4c3)c3ccccc3cc2c1. The van der Waals surface area contributed by atoms with Gasteiger partial charge in [0.2, 0.25) is 0 Å². The van der Waals surface area contributed by atoms with Crippen LogP contribution in [0.3, 0.4) is 0 Å². The molecule has 52 heavy (non-hydrogen) atoms. The fraction of sp³-hybridized carbons (Fsp3) is 0. The van der Waals surface area contributed by atoms with Gasteiger partial charge in [0.15, 0.2) is 0 Å². The van der Waals surface area contributed by atoms with Gasteiger partial charge >= 0.3 is 0 Å². The van der Waals surface area contributed by atoms with E-state index >= 15 is 0 Å². The van der Waals surface area contributed by atoms with E-state index in [-0.39, 0.29) is 0 Å². The summed E-state index contributed by atoms with van der Waals surface area (Å²) in [5.74, 6) is 0. The maximum Gasteiger partial charge on any atom is 0.136 e. The molecular weight excluding hydrogens is 633 g/mol. The lowest BCUT2D eigenvalue weighted by Crippen LogP contribution is -1.86. The molecule has 0 fully saturated rings. The van der Waals surface area contributed by atoms with E-state index in [1.807, 2.05) is 6.07 Å². The molecule has 0 atom stereocenters. The average molecular weight is 661 g/mol. The third-order valence-electron chi connectivity index (χ3n) is 11.2. The average Bonchev–Trinajstić information content (AvgIpc) is 3.77. The van der Waals surface area contributed by atoms with Gasteiger partial charge in [0, 0.05) is 26.9 Å². The van der Waals surface area contributed by atoms with Crippen molar-refractivity contribution in [3.05, 3.63) is 170 Å². The Hall–Kier alpha value is -6.90. The van der Waals surface area contributed by atoms with Gasteiger partial charge < -0.3 is 8.83 Å². The first kappa shape index (κ1) is 27.9. The zero-order chi connectivity index (χ0) is 33.9. The van der Waals surface area contributed by atoms with E-state index in [0.717, 1.165) is 38.5 Å². The Morgan fingerprint density at radius 1 is 0.250 bits per heavy atom. The van der Waals surface area contributed by atoms with Crippen molar-refractivity contribution in [3.63, 3.8) is 0 Å². The van der Waals surface area contributed by atoms with Gasteiger partial charge in [0.25, 0.3) is 0 Å². The molecule has 12 aromatic rings. The second-order valence-corrected chi connectivity index (χ2v) is 14.0. The summed E-state index contributed by atoms with van der Waals surface area (Å²) >= 11 is 0. The normalized spacial score (nSPS) is 12.2. The second-order valence-electron chi connectivity index (χ2n) is 14.0. The Labute approximate surface area is 297 Å². The van der Waals surface area contributed by atoms with E-state index in [1.54, 1.807) is 0 Å². The third-order valence-corrected chi connectivity index (χ3v) is 11.2. The Morgan fingerprint density at radius 2 is 0.712 bits per heavy atom. The lowest BCUT2D eigenvalue weighted by Gasteiger charge is -2.13. The Kier molecular flexibility index (Phi) is 5.53. The highest BCUT2D eigenvalue weighted by molar-refractivity contribution is 6.34. The molecule has 2 nitrogen and oxygen atoms in total. The molecular formula is C50H28O2. The Bertz CT molecular complexity index is 3390. The summed E-state index contributed by atoms with van der Waals surface area (Å²) in [6.45, 7) is 0. The maximum absolute atomic E-state index is 6.44. The van der Waals surface area contributed by atoms with Crippen LogP contribution in [0, 0.1) is 0 Å². The van der Waals surface area contributed by atoms with Gasteiger partial charge in [-0.2, -0.15) is 0 Å². The van der Waals surface area contributed by atoms with Gasteiger partial charge in [-0.1, -0.05) is 115 Å². The first-order valence-electron chi connectivity index (χ1n) is 17.8. The molecule has 0 aliphatic heterocycles. The van der Waals surface area contributed by atoms with Gasteiger partial charge in [-0.25, -0.2) is 0 Å². The molecule has 0 saturated heterocycles. The molecule has 0 aliphatic rings. The fourth-order valence-electron chi connectivity index (χ4n) is 8.88. The standard InChI is InChI=1S/C50H28O2/c1-3-11-34-31(9-1)25-32-10-2-4-12-35(32)48(34)33-19-23-46-43(28-33)42-27-30(18-22-45(42)51-46)29-17-20-37-39-21-24-47-50(40-15-7-8-16-44(40)52-47)49(39)38-14-6-5-13-36(38)41(37)26-29/h1-28H. The van der Waals surface area contributed by atoms with E-state index in [0.29, 0.717) is 0 Å². The van der Waals surface area contributed by atoms with Gasteiger partial charge in [-0.05, 0) is 125 Å². The quantitative estimate of drug-likeness (QED) is 0.136. The van der Waals surface area contributed by atoms with Crippen molar-refractivity contribution < 1.29 is 8.83 Å². The summed E-state index contributed by atoms with van der Waals surface area (Å²) in [5, 5.41) is 17.0. The largest absolute Gasteiger partial charge is 0.456 e. The number of benzene rings is 10. The van der Waals surface area contributed by atoms with E-state index in [9.17, 15) is 0 Å². The summed E-state index contributed by atoms with van der Waals surface area (Å²) in [5.41, 5.74) is 8.43. The molecule has 10 aromatic carbocycles. The minimum Gasteiger partial charge on any atom is -0.456 e. The van der Waals surface area contributed by atoms with Crippen LogP contribution in [0.4, 0.5) is 0 Å². The summed E-state index contributed by atoms with van der Waals surface area (Å²) in [6.07, 6.45) is 0. The topological polar surface area (TPSA) is 26.3 Å². The number of furan rings is 2. The predicted molar refractivity (Wildman–Crippen MR) is 219 cm³/mol. The van der Waals surface area contributed by atoms with Gasteiger partial charge in [-0.3, -0.25) is 0 Å². The summed E-state index contributed by atoms with van der Waals surface area (Å²) in [6, 6.07) is 61.4. The van der Waals surface area contributed by atoms with Crippen LogP contribution in [-0.4, -0.2) is 0 Å². The predicted octanol–water partition coefficient (Wildman–Crippen LogP) is 14.6. The van der Waals surface area contributed by atoms with Crippen LogP contribution in [0.15, 0.2) is 179 Å². The molecule has 2 heteroatoms. The first-order chi connectivity index (χ1) is 25.8. The highest BCUT2D eigenvalue weighted by atomic mass is 16.3.